The Morgan fingerprint density at radius 2 is 1.32 bits per heavy atom. The molecule has 0 radical (unpaired) electrons. The molecule has 0 aliphatic carbocycles. The Morgan fingerprint density at radius 1 is 0.825 bits per heavy atom. The zero-order valence-corrected chi connectivity index (χ0v) is 46.2. The summed E-state index contributed by atoms with van der Waals surface area (Å²) < 4.78 is 91.2. The van der Waals surface area contributed by atoms with Gasteiger partial charge in [-0.05, 0) is 62.4 Å². The molecule has 1 amide bonds. The van der Waals surface area contributed by atoms with E-state index in [1.165, 1.54) is 13.8 Å². The van der Waals surface area contributed by atoms with Crippen molar-refractivity contribution < 1.29 is 290 Å². The van der Waals surface area contributed by atoms with Crippen molar-refractivity contribution in [1.82, 2.24) is 9.78 Å². The van der Waals surface area contributed by atoms with Crippen LogP contribution < -0.4 is 221 Å². The third kappa shape index (κ3) is 15.5. The van der Waals surface area contributed by atoms with Gasteiger partial charge < -0.3 is 34.2 Å². The average Bonchev–Trinajstić information content (AvgIpc) is 3.61. The molecule has 284 valence electrons. The first-order valence-corrected chi connectivity index (χ1v) is 18.3. The Kier molecular flexibility index (Phi) is 28.1. The van der Waals surface area contributed by atoms with Gasteiger partial charge in [-0.25, -0.2) is 26.4 Å². The third-order valence-corrected chi connectivity index (χ3v) is 9.32. The summed E-state index contributed by atoms with van der Waals surface area (Å²) in [7, 11) is -10.5. The molecule has 0 unspecified atom stereocenters. The van der Waals surface area contributed by atoms with Gasteiger partial charge in [0.2, 0.25) is 5.88 Å². The van der Waals surface area contributed by atoms with Gasteiger partial charge in [0.15, 0.2) is 11.4 Å². The van der Waals surface area contributed by atoms with E-state index < -0.39 is 87.7 Å². The van der Waals surface area contributed by atoms with Gasteiger partial charge in [0.05, 0.1) is 69.6 Å². The Morgan fingerprint density at radius 3 is 1.81 bits per heavy atom. The monoisotopic (exact) mass is 972 g/mol. The fourth-order valence-corrected chi connectivity index (χ4v) is 6.42. The summed E-state index contributed by atoms with van der Waals surface area (Å²) in [6.45, 7) is 2.46. The molecule has 0 fully saturated rings. The van der Waals surface area contributed by atoms with Crippen LogP contribution in [0.1, 0.15) is 29.9 Å². The number of aromatic nitrogens is 2. The molecule has 30 heteroatoms. The van der Waals surface area contributed by atoms with E-state index in [2.05, 4.69) is 28.9 Å². The summed E-state index contributed by atoms with van der Waals surface area (Å²) >= 11 is 0.565. The summed E-state index contributed by atoms with van der Waals surface area (Å²) in [5, 5.41) is 46.4. The number of esters is 2. The minimum atomic E-state index is -5.29. The summed E-state index contributed by atoms with van der Waals surface area (Å²) in [5.41, 5.74) is -3.67. The molecular weight excluding hydrogens is 953 g/mol. The van der Waals surface area contributed by atoms with Gasteiger partial charge in [-0.3, -0.25) is 14.9 Å². The summed E-state index contributed by atoms with van der Waals surface area (Å²) in [4.78, 5) is 37.4. The molecule has 0 saturated heterocycles. The molecule has 1 aliphatic heterocycles. The minimum Gasteiger partial charge on any atom is -0.744 e. The van der Waals surface area contributed by atoms with E-state index in [-0.39, 0.29) is 253 Å². The Labute approximate surface area is 502 Å². The number of carbonyl (C=O) groups excluding carboxylic acids is 3. The van der Waals surface area contributed by atoms with E-state index in [1.807, 2.05) is 0 Å². The van der Waals surface area contributed by atoms with E-state index in [0.29, 0.717) is 9.69 Å². The number of hydrogen-bond acceptors (Lipinski definition) is 22. The van der Waals surface area contributed by atoms with E-state index in [1.54, 1.807) is 0 Å². The number of amides is 1. The Hall–Kier alpha value is 1.84. The van der Waals surface area contributed by atoms with Gasteiger partial charge in [0.1, 0.15) is 20.2 Å². The standard InChI is InChI=1S/C27H24N4O18S4.4K/c1-3-44-26(34)22-16(24(32)30(28-22)18-12-14(50-48-46-36)8-10-20(18)52(38,39)40)6-5-7-17-23(27(35)45-4-2)29-31(25(17)33)19-13-15(51-49-47-37)9-11-21(19)53(41,42)43;;;;/h5-13,32,36-37H,3-4H2,1-2H3,(H,38,39,40)(H,41,42,43);;;;/q;4*+1/p-4/b6-5?,17-7-;;;;. The van der Waals surface area contributed by atoms with Crippen molar-refractivity contribution in [2.24, 2.45) is 5.10 Å². The molecule has 1 N–H and O–H groups in total. The number of carbonyl (C=O) groups is 3. The van der Waals surface area contributed by atoms with Crippen LogP contribution in [0.4, 0.5) is 5.69 Å². The van der Waals surface area contributed by atoms with Crippen LogP contribution in [0, 0.1) is 0 Å². The first kappa shape index (κ1) is 58.8. The van der Waals surface area contributed by atoms with Crippen molar-refractivity contribution in [1.29, 1.82) is 0 Å². The number of hydrogen-bond donors (Lipinski definition) is 1. The normalized spacial score (nSPS) is 13.3. The van der Waals surface area contributed by atoms with Crippen molar-refractivity contribution in [2.45, 2.75) is 33.4 Å². The number of aromatic hydroxyl groups is 1. The second-order valence-corrected chi connectivity index (χ2v) is 13.8. The Balaban J connectivity index is 0.00000784. The molecule has 0 saturated carbocycles. The van der Waals surface area contributed by atoms with Gasteiger partial charge >= 0.3 is 217 Å². The van der Waals surface area contributed by atoms with Crippen LogP contribution in [0.15, 0.2) is 78.8 Å². The van der Waals surface area contributed by atoms with Crippen molar-refractivity contribution >= 4 is 79.6 Å². The van der Waals surface area contributed by atoms with Crippen molar-refractivity contribution in [2.75, 3.05) is 18.2 Å². The van der Waals surface area contributed by atoms with E-state index in [4.69, 9.17) is 9.47 Å². The molecule has 0 spiro atoms. The molecule has 1 aromatic heterocycles. The van der Waals surface area contributed by atoms with E-state index >= 15 is 0 Å². The molecule has 3 aromatic rings. The molecule has 1 aliphatic rings. The zero-order valence-electron chi connectivity index (χ0n) is 30.4. The number of ether oxygens (including phenoxy) is 2. The van der Waals surface area contributed by atoms with Crippen LogP contribution in [0.2, 0.25) is 0 Å². The number of allylic oxidation sites excluding steroid dienone is 2. The van der Waals surface area contributed by atoms with Crippen LogP contribution in [0.25, 0.3) is 11.8 Å². The molecule has 57 heavy (non-hydrogen) atoms. The fraction of sp³-hybridized carbons (Fsp3) is 0.148. The topological polar surface area (TPSA) is 321 Å². The molecule has 22 nitrogen and oxygen atoms in total. The van der Waals surface area contributed by atoms with Gasteiger partial charge in [-0.15, -0.1) is 0 Å². The third-order valence-electron chi connectivity index (χ3n) is 6.41. The first-order valence-electron chi connectivity index (χ1n) is 14.0. The molecule has 0 bridgehead atoms. The number of benzene rings is 2. The van der Waals surface area contributed by atoms with Gasteiger partial charge in [-0.2, -0.15) is 28.6 Å². The average molecular weight is 973 g/mol. The van der Waals surface area contributed by atoms with E-state index in [9.17, 15) is 55.9 Å². The molecular formula is C27H20K4N4O18S4. The SMILES string of the molecule is CCOC(=O)C1=NN(c2cc(SOO[O-])ccc2S(=O)(=O)[O-])C(=O)/C1=C\C=Cc1c(C(=O)OCC)nn(-c2cc(SOO[O-])ccc2S(=O)(=O)[O-])c1O.[K+].[K+].[K+].[K+]. The number of rotatable bonds is 16. The maximum Gasteiger partial charge on any atom is 1.00 e. The van der Waals surface area contributed by atoms with Gasteiger partial charge in [-0.1, -0.05) is 6.08 Å². The largest absolute Gasteiger partial charge is 1.00 e. The van der Waals surface area contributed by atoms with Crippen LogP contribution in [-0.2, 0) is 58.0 Å². The molecule has 2 heterocycles. The van der Waals surface area contributed by atoms with Crippen molar-refractivity contribution in [3.05, 3.63) is 65.4 Å². The van der Waals surface area contributed by atoms with Gasteiger partial charge in [0, 0.05) is 9.79 Å². The zero-order chi connectivity index (χ0) is 39.1. The summed E-state index contributed by atoms with van der Waals surface area (Å²) in [5.74, 6) is -4.48. The minimum absolute atomic E-state index is 0. The second-order valence-electron chi connectivity index (χ2n) is 9.55. The van der Waals surface area contributed by atoms with Crippen molar-refractivity contribution in [3.8, 4) is 11.6 Å². The number of anilines is 1. The van der Waals surface area contributed by atoms with Crippen LogP contribution in [-0.4, -0.2) is 77.6 Å². The van der Waals surface area contributed by atoms with Crippen LogP contribution >= 0.6 is 24.1 Å². The fourth-order valence-electron chi connectivity index (χ4n) is 4.37. The molecule has 0 atom stereocenters. The maximum absolute atomic E-state index is 13.7. The predicted molar refractivity (Wildman–Crippen MR) is 168 cm³/mol. The molecule has 4 rings (SSSR count). The second kappa shape index (κ2) is 27.2. The van der Waals surface area contributed by atoms with Crippen LogP contribution in [0.3, 0.4) is 0 Å². The molecule has 2 aromatic carbocycles. The number of hydrazone groups is 1. The summed E-state index contributed by atoms with van der Waals surface area (Å²) in [6, 6.07) is 5.54. The first-order chi connectivity index (χ1) is 25.1. The van der Waals surface area contributed by atoms with E-state index in [0.717, 1.165) is 54.6 Å². The smallest absolute Gasteiger partial charge is 0.744 e. The Bertz CT molecular complexity index is 2260. The summed E-state index contributed by atoms with van der Waals surface area (Å²) in [6.07, 6.45) is 2.87. The predicted octanol–water partition coefficient (Wildman–Crippen LogP) is -12.1. The quantitative estimate of drug-likeness (QED) is 0.0265. The van der Waals surface area contributed by atoms with Gasteiger partial charge in [0.25, 0.3) is 5.91 Å². The maximum atomic E-state index is 13.7. The number of nitrogens with zero attached hydrogens (tertiary/aromatic N) is 4. The van der Waals surface area contributed by atoms with Crippen LogP contribution in [0.5, 0.6) is 5.88 Å². The van der Waals surface area contributed by atoms with Crippen molar-refractivity contribution in [3.63, 3.8) is 0 Å².